The number of aromatic nitrogens is 3. The van der Waals surface area contributed by atoms with Crippen molar-refractivity contribution in [2.75, 3.05) is 0 Å². The molecule has 0 aliphatic rings. The SMILES string of the molecule is CC(=O)Oc1cn(Cc2ccccc2)c2ncnc(CC(=O)Oc3ccccc3)c12. The Morgan fingerprint density at radius 2 is 1.63 bits per heavy atom. The normalized spacial score (nSPS) is 10.7. The third-order valence-electron chi connectivity index (χ3n) is 4.43. The molecule has 0 fully saturated rings. The van der Waals surface area contributed by atoms with E-state index in [1.54, 1.807) is 30.5 Å². The maximum atomic E-state index is 12.5. The number of carbonyl (C=O) groups excluding carboxylic acids is 2. The molecule has 0 aliphatic carbocycles. The highest BCUT2D eigenvalue weighted by Crippen LogP contribution is 2.30. The van der Waals surface area contributed by atoms with Crippen LogP contribution in [0.4, 0.5) is 0 Å². The van der Waals surface area contributed by atoms with Gasteiger partial charge in [0.1, 0.15) is 17.7 Å². The van der Waals surface area contributed by atoms with Gasteiger partial charge in [-0.3, -0.25) is 9.59 Å². The zero-order valence-corrected chi connectivity index (χ0v) is 16.3. The van der Waals surface area contributed by atoms with E-state index in [2.05, 4.69) is 9.97 Å². The number of benzene rings is 2. The largest absolute Gasteiger partial charge is 0.426 e. The monoisotopic (exact) mass is 401 g/mol. The molecule has 0 saturated heterocycles. The number of nitrogens with zero attached hydrogens (tertiary/aromatic N) is 3. The maximum absolute atomic E-state index is 12.5. The highest BCUT2D eigenvalue weighted by atomic mass is 16.5. The Labute approximate surface area is 172 Å². The third-order valence-corrected chi connectivity index (χ3v) is 4.43. The summed E-state index contributed by atoms with van der Waals surface area (Å²) in [5.74, 6) is -0.160. The molecule has 7 nitrogen and oxygen atoms in total. The van der Waals surface area contributed by atoms with Crippen molar-refractivity contribution in [2.45, 2.75) is 19.9 Å². The predicted molar refractivity (Wildman–Crippen MR) is 110 cm³/mol. The number of esters is 2. The average molecular weight is 401 g/mol. The van der Waals surface area contributed by atoms with Gasteiger partial charge in [-0.2, -0.15) is 0 Å². The lowest BCUT2D eigenvalue weighted by Crippen LogP contribution is -2.13. The number of para-hydroxylation sites is 1. The Morgan fingerprint density at radius 3 is 2.33 bits per heavy atom. The first-order valence-corrected chi connectivity index (χ1v) is 9.41. The van der Waals surface area contributed by atoms with Crippen LogP contribution in [0.3, 0.4) is 0 Å². The van der Waals surface area contributed by atoms with Gasteiger partial charge in [0.15, 0.2) is 5.75 Å². The van der Waals surface area contributed by atoms with Crippen molar-refractivity contribution in [3.63, 3.8) is 0 Å². The number of hydrogen-bond donors (Lipinski definition) is 0. The summed E-state index contributed by atoms with van der Waals surface area (Å²) in [5, 5.41) is 0.522. The van der Waals surface area contributed by atoms with Crippen LogP contribution in [-0.4, -0.2) is 26.5 Å². The van der Waals surface area contributed by atoms with Crippen molar-refractivity contribution >= 4 is 23.0 Å². The van der Waals surface area contributed by atoms with E-state index >= 15 is 0 Å². The molecule has 150 valence electrons. The van der Waals surface area contributed by atoms with Crippen LogP contribution < -0.4 is 9.47 Å². The summed E-state index contributed by atoms with van der Waals surface area (Å²) in [6.45, 7) is 1.86. The third kappa shape index (κ3) is 4.35. The van der Waals surface area contributed by atoms with Crippen molar-refractivity contribution in [1.29, 1.82) is 0 Å². The minimum absolute atomic E-state index is 0.0858. The van der Waals surface area contributed by atoms with Crippen LogP contribution >= 0.6 is 0 Å². The lowest BCUT2D eigenvalue weighted by molar-refractivity contribution is -0.133. The minimum atomic E-state index is -0.467. The fourth-order valence-corrected chi connectivity index (χ4v) is 3.21. The Hall–Kier alpha value is -4.00. The van der Waals surface area contributed by atoms with Gasteiger partial charge in [-0.1, -0.05) is 48.5 Å². The molecule has 0 aliphatic heterocycles. The summed E-state index contributed by atoms with van der Waals surface area (Å²) in [6, 6.07) is 18.7. The van der Waals surface area contributed by atoms with E-state index in [1.165, 1.54) is 13.3 Å². The van der Waals surface area contributed by atoms with E-state index in [0.717, 1.165) is 5.56 Å². The number of carbonyl (C=O) groups is 2. The molecule has 7 heteroatoms. The van der Waals surface area contributed by atoms with Crippen LogP contribution in [0.25, 0.3) is 11.0 Å². The average Bonchev–Trinajstić information content (AvgIpc) is 3.07. The molecule has 2 aromatic carbocycles. The molecule has 2 heterocycles. The molecular formula is C23H19N3O4. The van der Waals surface area contributed by atoms with Gasteiger partial charge in [-0.05, 0) is 17.7 Å². The molecule has 0 amide bonds. The van der Waals surface area contributed by atoms with Crippen molar-refractivity contribution in [2.24, 2.45) is 0 Å². The van der Waals surface area contributed by atoms with E-state index in [9.17, 15) is 9.59 Å². The van der Waals surface area contributed by atoms with Gasteiger partial charge in [-0.15, -0.1) is 0 Å². The summed E-state index contributed by atoms with van der Waals surface area (Å²) < 4.78 is 12.6. The first kappa shape index (κ1) is 19.3. The predicted octanol–water partition coefficient (Wildman–Crippen LogP) is 3.55. The molecule has 0 atom stereocenters. The smallest absolute Gasteiger partial charge is 0.317 e. The van der Waals surface area contributed by atoms with Crippen molar-refractivity contribution < 1.29 is 19.1 Å². The lowest BCUT2D eigenvalue weighted by atomic mass is 10.2. The van der Waals surface area contributed by atoms with Gasteiger partial charge in [0.25, 0.3) is 0 Å². The number of fused-ring (bicyclic) bond motifs is 1. The Morgan fingerprint density at radius 1 is 0.933 bits per heavy atom. The van der Waals surface area contributed by atoms with E-state index in [0.29, 0.717) is 34.8 Å². The summed E-state index contributed by atoms with van der Waals surface area (Å²) >= 11 is 0. The van der Waals surface area contributed by atoms with Crippen LogP contribution in [0.2, 0.25) is 0 Å². The fraction of sp³-hybridized carbons (Fsp3) is 0.130. The number of ether oxygens (including phenoxy) is 2. The Bertz CT molecular complexity index is 1190. The van der Waals surface area contributed by atoms with Gasteiger partial charge in [0, 0.05) is 19.7 Å². The van der Waals surface area contributed by atoms with Gasteiger partial charge >= 0.3 is 11.9 Å². The quantitative estimate of drug-likeness (QED) is 0.363. The number of rotatable bonds is 6. The zero-order chi connectivity index (χ0) is 20.9. The second kappa shape index (κ2) is 8.57. The molecule has 4 aromatic rings. The minimum Gasteiger partial charge on any atom is -0.426 e. The summed E-state index contributed by atoms with van der Waals surface area (Å²) in [4.78, 5) is 32.7. The standard InChI is InChI=1S/C23H19N3O4/c1-16(27)29-20-14-26(13-17-8-4-2-5-9-17)23-22(20)19(24-15-25-23)12-21(28)30-18-10-6-3-7-11-18/h2-11,14-15H,12-13H2,1H3. The molecular weight excluding hydrogens is 382 g/mol. The van der Waals surface area contributed by atoms with Crippen LogP contribution in [0.5, 0.6) is 11.5 Å². The highest BCUT2D eigenvalue weighted by molar-refractivity contribution is 5.91. The zero-order valence-electron chi connectivity index (χ0n) is 16.3. The summed E-state index contributed by atoms with van der Waals surface area (Å²) in [6.07, 6.45) is 3.02. The van der Waals surface area contributed by atoms with Crippen LogP contribution in [0.1, 0.15) is 18.2 Å². The molecule has 4 rings (SSSR count). The maximum Gasteiger partial charge on any atom is 0.317 e. The van der Waals surface area contributed by atoms with Gasteiger partial charge in [-0.25, -0.2) is 9.97 Å². The van der Waals surface area contributed by atoms with E-state index in [4.69, 9.17) is 9.47 Å². The van der Waals surface area contributed by atoms with Crippen molar-refractivity contribution in [1.82, 2.24) is 14.5 Å². The topological polar surface area (TPSA) is 83.3 Å². The summed E-state index contributed by atoms with van der Waals surface area (Å²) in [5.41, 5.74) is 2.07. The van der Waals surface area contributed by atoms with Crippen molar-refractivity contribution in [3.8, 4) is 11.5 Å². The molecule has 2 aromatic heterocycles. The lowest BCUT2D eigenvalue weighted by Gasteiger charge is -2.07. The molecule has 0 radical (unpaired) electrons. The van der Waals surface area contributed by atoms with E-state index < -0.39 is 11.9 Å². The molecule has 0 spiro atoms. The molecule has 0 bridgehead atoms. The molecule has 0 unspecified atom stereocenters. The Balaban J connectivity index is 1.69. The van der Waals surface area contributed by atoms with E-state index in [1.807, 2.05) is 41.0 Å². The highest BCUT2D eigenvalue weighted by Gasteiger charge is 2.20. The van der Waals surface area contributed by atoms with E-state index in [-0.39, 0.29) is 6.42 Å². The molecule has 30 heavy (non-hydrogen) atoms. The van der Waals surface area contributed by atoms with Gasteiger partial charge in [0.05, 0.1) is 17.5 Å². The van der Waals surface area contributed by atoms with Gasteiger partial charge in [0.2, 0.25) is 0 Å². The van der Waals surface area contributed by atoms with Crippen molar-refractivity contribution in [3.05, 3.63) is 84.4 Å². The Kier molecular flexibility index (Phi) is 5.52. The fourth-order valence-electron chi connectivity index (χ4n) is 3.21. The van der Waals surface area contributed by atoms with Crippen LogP contribution in [0, 0.1) is 0 Å². The van der Waals surface area contributed by atoms with Crippen LogP contribution in [-0.2, 0) is 22.6 Å². The number of hydrogen-bond acceptors (Lipinski definition) is 6. The second-order valence-corrected chi connectivity index (χ2v) is 6.68. The summed E-state index contributed by atoms with van der Waals surface area (Å²) in [7, 11) is 0. The second-order valence-electron chi connectivity index (χ2n) is 6.68. The van der Waals surface area contributed by atoms with Crippen LogP contribution in [0.15, 0.2) is 73.2 Å². The van der Waals surface area contributed by atoms with Gasteiger partial charge < -0.3 is 14.0 Å². The first-order chi connectivity index (χ1) is 14.6. The first-order valence-electron chi connectivity index (χ1n) is 9.41. The molecule has 0 saturated carbocycles. The molecule has 0 N–H and O–H groups in total.